The number of ether oxygens (including phenoxy) is 2. The van der Waals surface area contributed by atoms with Gasteiger partial charge < -0.3 is 14.8 Å². The van der Waals surface area contributed by atoms with Crippen LogP contribution in [0, 0.1) is 0 Å². The van der Waals surface area contributed by atoms with Crippen LogP contribution >= 0.6 is 15.9 Å². The van der Waals surface area contributed by atoms with Gasteiger partial charge in [-0.3, -0.25) is 0 Å². The summed E-state index contributed by atoms with van der Waals surface area (Å²) in [6.07, 6.45) is 2.33. The zero-order chi connectivity index (χ0) is 14.6. The molecule has 1 aliphatic heterocycles. The summed E-state index contributed by atoms with van der Waals surface area (Å²) in [4.78, 5) is 0. The largest absolute Gasteiger partial charge is 0.487 e. The smallest absolute Gasteiger partial charge is 0.134 e. The van der Waals surface area contributed by atoms with E-state index in [-0.39, 0.29) is 11.6 Å². The molecule has 0 bridgehead atoms. The first kappa shape index (κ1) is 15.8. The van der Waals surface area contributed by atoms with Crippen molar-refractivity contribution in [3.63, 3.8) is 0 Å². The number of benzene rings is 1. The summed E-state index contributed by atoms with van der Waals surface area (Å²) in [5.41, 5.74) is 1.38. The molecule has 1 N–H and O–H groups in total. The van der Waals surface area contributed by atoms with E-state index >= 15 is 0 Å². The Morgan fingerprint density at radius 2 is 2.20 bits per heavy atom. The van der Waals surface area contributed by atoms with Crippen molar-refractivity contribution >= 4 is 15.9 Å². The van der Waals surface area contributed by atoms with Gasteiger partial charge in [-0.1, -0.05) is 6.07 Å². The molecule has 1 heterocycles. The third kappa shape index (κ3) is 5.08. The molecule has 4 heteroatoms. The average molecular weight is 342 g/mol. The number of nitrogens with one attached hydrogen (secondary N) is 1. The SMILES string of the molecule is CC(C)(C)NCc1ccc(OC2CCCOC2)c(Br)c1. The maximum Gasteiger partial charge on any atom is 0.134 e. The van der Waals surface area contributed by atoms with Gasteiger partial charge in [-0.05, 0) is 67.2 Å². The second kappa shape index (κ2) is 6.92. The summed E-state index contributed by atoms with van der Waals surface area (Å²) in [5, 5.41) is 3.48. The molecular weight excluding hydrogens is 318 g/mol. The molecule has 1 aromatic carbocycles. The van der Waals surface area contributed by atoms with Gasteiger partial charge >= 0.3 is 0 Å². The van der Waals surface area contributed by atoms with Crippen LogP contribution in [0.2, 0.25) is 0 Å². The average Bonchev–Trinajstić information content (AvgIpc) is 2.40. The van der Waals surface area contributed by atoms with Gasteiger partial charge in [-0.15, -0.1) is 0 Å². The fourth-order valence-corrected chi connectivity index (χ4v) is 2.62. The predicted octanol–water partition coefficient (Wildman–Crippen LogP) is 3.90. The van der Waals surface area contributed by atoms with Crippen molar-refractivity contribution in [2.24, 2.45) is 0 Å². The van der Waals surface area contributed by atoms with Gasteiger partial charge in [-0.2, -0.15) is 0 Å². The molecule has 0 radical (unpaired) electrons. The molecular formula is C16H24BrNO2. The molecule has 2 rings (SSSR count). The minimum Gasteiger partial charge on any atom is -0.487 e. The van der Waals surface area contributed by atoms with Gasteiger partial charge in [0.25, 0.3) is 0 Å². The Kier molecular flexibility index (Phi) is 5.47. The minimum absolute atomic E-state index is 0.126. The second-order valence-corrected chi connectivity index (χ2v) is 7.18. The molecule has 0 amide bonds. The Morgan fingerprint density at radius 3 is 2.80 bits per heavy atom. The lowest BCUT2D eigenvalue weighted by Crippen LogP contribution is -2.35. The highest BCUT2D eigenvalue weighted by Gasteiger charge is 2.17. The monoisotopic (exact) mass is 341 g/mol. The van der Waals surface area contributed by atoms with E-state index in [4.69, 9.17) is 9.47 Å². The Morgan fingerprint density at radius 1 is 1.40 bits per heavy atom. The van der Waals surface area contributed by atoms with Crippen LogP contribution in [0.25, 0.3) is 0 Å². The summed E-state index contributed by atoms with van der Waals surface area (Å²) in [7, 11) is 0. The Balaban J connectivity index is 1.94. The number of hydrogen-bond acceptors (Lipinski definition) is 3. The van der Waals surface area contributed by atoms with Crippen LogP contribution in [-0.4, -0.2) is 24.9 Å². The molecule has 20 heavy (non-hydrogen) atoms. The van der Waals surface area contributed by atoms with Crippen molar-refractivity contribution in [3.05, 3.63) is 28.2 Å². The normalized spacial score (nSPS) is 19.9. The molecule has 1 saturated heterocycles. The molecule has 1 aromatic rings. The van der Waals surface area contributed by atoms with Crippen LogP contribution in [0.3, 0.4) is 0 Å². The Hall–Kier alpha value is -0.580. The van der Waals surface area contributed by atoms with Crippen molar-refractivity contribution < 1.29 is 9.47 Å². The van der Waals surface area contributed by atoms with Crippen LogP contribution < -0.4 is 10.1 Å². The van der Waals surface area contributed by atoms with E-state index in [9.17, 15) is 0 Å². The number of hydrogen-bond donors (Lipinski definition) is 1. The van der Waals surface area contributed by atoms with Gasteiger partial charge in [0.2, 0.25) is 0 Å². The highest BCUT2D eigenvalue weighted by Crippen LogP contribution is 2.28. The second-order valence-electron chi connectivity index (χ2n) is 6.33. The van der Waals surface area contributed by atoms with Crippen LogP contribution in [0.1, 0.15) is 39.2 Å². The molecule has 1 fully saturated rings. The van der Waals surface area contributed by atoms with Crippen molar-refractivity contribution in [2.75, 3.05) is 13.2 Å². The maximum atomic E-state index is 5.99. The summed E-state index contributed by atoms with van der Waals surface area (Å²) in [6, 6.07) is 6.28. The molecule has 1 unspecified atom stereocenters. The van der Waals surface area contributed by atoms with Crippen LogP contribution in [0.15, 0.2) is 22.7 Å². The van der Waals surface area contributed by atoms with Crippen molar-refractivity contribution in [2.45, 2.75) is 51.8 Å². The first-order valence-corrected chi connectivity index (χ1v) is 8.01. The predicted molar refractivity (Wildman–Crippen MR) is 85.2 cm³/mol. The van der Waals surface area contributed by atoms with E-state index in [1.807, 2.05) is 6.07 Å². The van der Waals surface area contributed by atoms with Crippen LogP contribution in [0.5, 0.6) is 5.75 Å². The molecule has 0 aliphatic carbocycles. The fraction of sp³-hybridized carbons (Fsp3) is 0.625. The van der Waals surface area contributed by atoms with E-state index in [1.54, 1.807) is 0 Å². The van der Waals surface area contributed by atoms with Gasteiger partial charge in [0, 0.05) is 18.7 Å². The first-order chi connectivity index (χ1) is 9.44. The zero-order valence-corrected chi connectivity index (χ0v) is 14.1. The van der Waals surface area contributed by atoms with Gasteiger partial charge in [-0.25, -0.2) is 0 Å². The Bertz CT molecular complexity index is 437. The van der Waals surface area contributed by atoms with Crippen molar-refractivity contribution in [1.29, 1.82) is 0 Å². The molecule has 3 nitrogen and oxygen atoms in total. The molecule has 0 spiro atoms. The lowest BCUT2D eigenvalue weighted by atomic mass is 10.1. The molecule has 1 aliphatic rings. The number of rotatable bonds is 4. The van der Waals surface area contributed by atoms with Crippen LogP contribution in [0.4, 0.5) is 0 Å². The topological polar surface area (TPSA) is 30.5 Å². The van der Waals surface area contributed by atoms with E-state index in [2.05, 4.69) is 54.2 Å². The Labute approximate surface area is 130 Å². The van der Waals surface area contributed by atoms with E-state index < -0.39 is 0 Å². The standard InChI is InChI=1S/C16H24BrNO2/c1-16(2,3)18-10-12-6-7-15(14(17)9-12)20-13-5-4-8-19-11-13/h6-7,9,13,18H,4-5,8,10-11H2,1-3H3. The van der Waals surface area contributed by atoms with E-state index in [1.165, 1.54) is 5.56 Å². The summed E-state index contributed by atoms with van der Waals surface area (Å²) in [6.45, 7) is 8.92. The lowest BCUT2D eigenvalue weighted by molar-refractivity contribution is 0.00710. The third-order valence-corrected chi connectivity index (χ3v) is 3.85. The summed E-state index contributed by atoms with van der Waals surface area (Å²) >= 11 is 3.60. The van der Waals surface area contributed by atoms with Gasteiger partial charge in [0.15, 0.2) is 0 Å². The zero-order valence-electron chi connectivity index (χ0n) is 12.5. The van der Waals surface area contributed by atoms with Crippen LogP contribution in [-0.2, 0) is 11.3 Å². The summed E-state index contributed by atoms with van der Waals surface area (Å²) < 4.78 is 12.4. The molecule has 112 valence electrons. The molecule has 0 aromatic heterocycles. The van der Waals surface area contributed by atoms with Gasteiger partial charge in [0.05, 0.1) is 11.1 Å². The number of halogens is 1. The molecule has 0 saturated carbocycles. The van der Waals surface area contributed by atoms with E-state index in [0.29, 0.717) is 6.61 Å². The third-order valence-electron chi connectivity index (χ3n) is 3.23. The first-order valence-electron chi connectivity index (χ1n) is 7.22. The minimum atomic E-state index is 0.126. The maximum absolute atomic E-state index is 5.99. The van der Waals surface area contributed by atoms with Gasteiger partial charge in [0.1, 0.15) is 11.9 Å². The lowest BCUT2D eigenvalue weighted by Gasteiger charge is -2.24. The molecule has 1 atom stereocenters. The van der Waals surface area contributed by atoms with E-state index in [0.717, 1.165) is 36.2 Å². The highest BCUT2D eigenvalue weighted by molar-refractivity contribution is 9.10. The fourth-order valence-electron chi connectivity index (χ4n) is 2.10. The highest BCUT2D eigenvalue weighted by atomic mass is 79.9. The van der Waals surface area contributed by atoms with Crippen molar-refractivity contribution in [3.8, 4) is 5.75 Å². The summed E-state index contributed by atoms with van der Waals surface area (Å²) in [5.74, 6) is 0.903. The van der Waals surface area contributed by atoms with Crippen molar-refractivity contribution in [1.82, 2.24) is 5.32 Å². The quantitative estimate of drug-likeness (QED) is 0.900.